The molecule has 74 heavy (non-hydrogen) atoms. The van der Waals surface area contributed by atoms with Gasteiger partial charge in [0.05, 0.1) is 96.0 Å². The van der Waals surface area contributed by atoms with Crippen LogP contribution in [-0.2, 0) is 68.3 Å². The quantitative estimate of drug-likeness (QED) is 0.0562. The van der Waals surface area contributed by atoms with E-state index in [1.165, 1.54) is 0 Å². The summed E-state index contributed by atoms with van der Waals surface area (Å²) in [5.74, 6) is -2.78. The van der Waals surface area contributed by atoms with Gasteiger partial charge in [0.1, 0.15) is 11.4 Å². The maximum atomic E-state index is 14.5. The Morgan fingerprint density at radius 3 is 1.84 bits per heavy atom. The number of nitrogens with one attached hydrogen (secondary N) is 1. The second-order valence-electron chi connectivity index (χ2n) is 21.9. The lowest BCUT2D eigenvalue weighted by Crippen LogP contribution is -2.54. The van der Waals surface area contributed by atoms with E-state index in [9.17, 15) is 28.8 Å². The lowest BCUT2D eigenvalue weighted by Gasteiger charge is -2.41. The van der Waals surface area contributed by atoms with Crippen LogP contribution in [0.1, 0.15) is 120 Å². The van der Waals surface area contributed by atoms with Crippen molar-refractivity contribution in [3.8, 4) is 0 Å². The average Bonchev–Trinajstić information content (AvgIpc) is 3.82. The van der Waals surface area contributed by atoms with E-state index in [0.29, 0.717) is 59.0 Å². The normalized spacial score (nSPS) is 17.4. The predicted octanol–water partition coefficient (Wildman–Crippen LogP) is 6.46. The summed E-state index contributed by atoms with van der Waals surface area (Å²) in [5, 5.41) is 2.96. The van der Waals surface area contributed by atoms with Crippen molar-refractivity contribution in [1.82, 2.24) is 20.0 Å². The van der Waals surface area contributed by atoms with Crippen LogP contribution in [0.4, 0.5) is 0 Å². The van der Waals surface area contributed by atoms with Crippen LogP contribution in [0.2, 0.25) is 0 Å². The molecule has 9 atom stereocenters. The zero-order chi connectivity index (χ0) is 55.5. The maximum Gasteiger partial charge on any atom is 0.308 e. The molecule has 2 rings (SSSR count). The van der Waals surface area contributed by atoms with Gasteiger partial charge in [0.15, 0.2) is 5.78 Å². The smallest absolute Gasteiger partial charge is 0.308 e. The van der Waals surface area contributed by atoms with Crippen LogP contribution in [0, 0.1) is 35.5 Å². The molecule has 17 heteroatoms. The van der Waals surface area contributed by atoms with Gasteiger partial charge in [-0.2, -0.15) is 0 Å². The molecule has 1 saturated heterocycles. The minimum atomic E-state index is -0.650. The fourth-order valence-corrected chi connectivity index (χ4v) is 10.1. The number of likely N-dealkylation sites (N-methyl/N-ethyl adjacent to an activating group) is 2. The van der Waals surface area contributed by atoms with Crippen LogP contribution >= 0.6 is 0 Å². The van der Waals surface area contributed by atoms with E-state index in [0.717, 1.165) is 18.4 Å². The third kappa shape index (κ3) is 23.2. The number of likely N-dealkylation sites (tertiary alicyclic amines) is 1. The van der Waals surface area contributed by atoms with E-state index in [-0.39, 0.29) is 111 Å². The monoisotopic (exact) mass is 1050 g/mol. The maximum absolute atomic E-state index is 14.5. The second-order valence-corrected chi connectivity index (χ2v) is 21.9. The van der Waals surface area contributed by atoms with E-state index in [4.69, 9.17) is 33.2 Å². The number of esters is 1. The molecule has 0 aromatic heterocycles. The van der Waals surface area contributed by atoms with Gasteiger partial charge in [-0.1, -0.05) is 85.2 Å². The van der Waals surface area contributed by atoms with Crippen molar-refractivity contribution in [2.24, 2.45) is 35.5 Å². The number of ketones is 2. The topological polar surface area (TPSA) is 189 Å². The molecule has 0 aliphatic carbocycles. The lowest BCUT2D eigenvalue weighted by molar-refractivity contribution is -0.156. The Kier molecular flexibility index (Phi) is 31.1. The molecule has 0 bridgehead atoms. The molecule has 17 nitrogen and oxygen atoms in total. The number of methoxy groups -OCH3 is 2. The zero-order valence-corrected chi connectivity index (χ0v) is 48.1. The van der Waals surface area contributed by atoms with Gasteiger partial charge >= 0.3 is 5.97 Å². The van der Waals surface area contributed by atoms with Crippen LogP contribution in [0.15, 0.2) is 30.3 Å². The highest BCUT2D eigenvalue weighted by Crippen LogP contribution is 2.32. The summed E-state index contributed by atoms with van der Waals surface area (Å²) in [4.78, 5) is 87.8. The Balaban J connectivity index is 2.02. The molecule has 3 amide bonds. The summed E-state index contributed by atoms with van der Waals surface area (Å²) in [6.07, 6.45) is 1.53. The SMILES string of the molecule is CC[C@H](C)[C@@H]([C@@H](CC(=O)N1CCC[C@H]1[C@H](OC)[C@@H](C)C(=O)C[C@@H](Cc1ccccc1)C(=O)NCCOCCOCCOCCOCCC(=O)OC(C)(C)C)OC)N(C)C(=O)[C@@H](CC(=O)[C@H](C(C)C)N(C)C)C(C)C. The van der Waals surface area contributed by atoms with Gasteiger partial charge in [0.25, 0.3) is 0 Å². The van der Waals surface area contributed by atoms with Gasteiger partial charge in [-0.25, -0.2) is 0 Å². The van der Waals surface area contributed by atoms with Crippen molar-refractivity contribution in [1.29, 1.82) is 0 Å². The van der Waals surface area contributed by atoms with Gasteiger partial charge in [-0.15, -0.1) is 0 Å². The Hall–Kier alpha value is -3.84. The second kappa shape index (κ2) is 34.7. The minimum Gasteiger partial charge on any atom is -0.460 e. The highest BCUT2D eigenvalue weighted by atomic mass is 16.6. The molecule has 1 aromatic rings. The Morgan fingerprint density at radius 1 is 0.743 bits per heavy atom. The molecule has 1 heterocycles. The third-order valence-electron chi connectivity index (χ3n) is 14.1. The number of rotatable bonds is 38. The summed E-state index contributed by atoms with van der Waals surface area (Å²) in [6, 6.07) is 8.47. The third-order valence-corrected chi connectivity index (χ3v) is 14.1. The summed E-state index contributed by atoms with van der Waals surface area (Å²) in [7, 11) is 8.69. The molecule has 0 spiro atoms. The molecule has 0 saturated carbocycles. The number of benzene rings is 1. The number of nitrogens with zero attached hydrogens (tertiary/aromatic N) is 3. The van der Waals surface area contributed by atoms with Gasteiger partial charge in [0, 0.05) is 65.0 Å². The molecule has 1 fully saturated rings. The fourth-order valence-electron chi connectivity index (χ4n) is 10.1. The molecule has 1 aliphatic rings. The first-order valence-electron chi connectivity index (χ1n) is 27.2. The number of carbonyl (C=O) groups is 6. The molecule has 0 unspecified atom stereocenters. The molecule has 424 valence electrons. The number of hydrogen-bond donors (Lipinski definition) is 1. The number of carbonyl (C=O) groups excluding carboxylic acids is 6. The highest BCUT2D eigenvalue weighted by Gasteiger charge is 2.43. The number of hydrogen-bond acceptors (Lipinski definition) is 14. The number of ether oxygens (including phenoxy) is 7. The van der Waals surface area contributed by atoms with Crippen LogP contribution in [0.3, 0.4) is 0 Å². The summed E-state index contributed by atoms with van der Waals surface area (Å²) >= 11 is 0. The Bertz CT molecular complexity index is 1800. The van der Waals surface area contributed by atoms with Gasteiger partial charge < -0.3 is 48.3 Å². The fraction of sp³-hybridized carbons (Fsp3) is 0.789. The summed E-state index contributed by atoms with van der Waals surface area (Å²) < 4.78 is 39.7. The summed E-state index contributed by atoms with van der Waals surface area (Å²) in [6.45, 7) is 22.8. The van der Waals surface area contributed by atoms with E-state index in [2.05, 4.69) is 19.2 Å². The van der Waals surface area contributed by atoms with Gasteiger partial charge in [-0.3, -0.25) is 33.7 Å². The van der Waals surface area contributed by atoms with Gasteiger partial charge in [0.2, 0.25) is 17.7 Å². The van der Waals surface area contributed by atoms with Gasteiger partial charge in [-0.05, 0) is 77.4 Å². The molecule has 0 radical (unpaired) electrons. The summed E-state index contributed by atoms with van der Waals surface area (Å²) in [5.41, 5.74) is 0.412. The first-order valence-corrected chi connectivity index (χ1v) is 27.2. The zero-order valence-electron chi connectivity index (χ0n) is 48.1. The molecule has 1 aromatic carbocycles. The van der Waals surface area contributed by atoms with Crippen molar-refractivity contribution >= 4 is 35.3 Å². The first-order chi connectivity index (χ1) is 35.0. The lowest BCUT2D eigenvalue weighted by atomic mass is 9.83. The van der Waals surface area contributed by atoms with Crippen LogP contribution < -0.4 is 5.32 Å². The van der Waals surface area contributed by atoms with Crippen molar-refractivity contribution in [3.05, 3.63) is 35.9 Å². The van der Waals surface area contributed by atoms with Crippen molar-refractivity contribution in [2.75, 3.05) is 101 Å². The highest BCUT2D eigenvalue weighted by molar-refractivity contribution is 5.90. The molecular formula is C57H98N4O13. The molecule has 1 N–H and O–H groups in total. The standard InChI is InChI=1S/C57H98N4O13/c1-16-41(6)53(60(13)56(67)45(39(2)3)37-48(63)52(40(4)5)59(11)12)49(68-14)38-50(64)61-26-20-23-46(61)54(69-15)42(7)47(62)36-44(35-43-21-18-17-19-22-43)55(66)58-25-28-71-30-32-73-34-33-72-31-29-70-27-24-51(65)74-57(8,9)10/h17-19,21-22,39-42,44-46,49,52-54H,16,20,23-38H2,1-15H3,(H,58,66)/t41-,42-,44+,45-,46-,49+,52-,53-,54+/m0/s1. The average molecular weight is 1050 g/mol. The molecular weight excluding hydrogens is 949 g/mol. The minimum absolute atomic E-state index is 0.0167. The Labute approximate surface area is 445 Å². The van der Waals surface area contributed by atoms with E-state index in [1.807, 2.05) is 110 Å². The van der Waals surface area contributed by atoms with Crippen LogP contribution in [0.25, 0.3) is 0 Å². The number of Topliss-reactive ketones (excluding diaryl/α,β-unsaturated/α-hetero) is 2. The largest absolute Gasteiger partial charge is 0.460 e. The molecule has 1 aliphatic heterocycles. The Morgan fingerprint density at radius 2 is 1.32 bits per heavy atom. The van der Waals surface area contributed by atoms with Crippen molar-refractivity contribution in [2.45, 2.75) is 157 Å². The van der Waals surface area contributed by atoms with E-state index < -0.39 is 41.6 Å². The van der Waals surface area contributed by atoms with Crippen LogP contribution in [-0.4, -0.2) is 187 Å². The predicted molar refractivity (Wildman–Crippen MR) is 286 cm³/mol. The van der Waals surface area contributed by atoms with Crippen molar-refractivity contribution in [3.63, 3.8) is 0 Å². The van der Waals surface area contributed by atoms with Crippen molar-refractivity contribution < 1.29 is 61.9 Å². The van der Waals surface area contributed by atoms with E-state index in [1.54, 1.807) is 26.2 Å². The first kappa shape index (κ1) is 66.3. The number of amides is 3. The van der Waals surface area contributed by atoms with Crippen LogP contribution in [0.5, 0.6) is 0 Å². The van der Waals surface area contributed by atoms with E-state index >= 15 is 0 Å².